The number of carbonyl (C=O) groups is 2. The highest BCUT2D eigenvalue weighted by Crippen LogP contribution is 2.32. The number of aromatic nitrogens is 2. The van der Waals surface area contributed by atoms with E-state index < -0.39 is 6.10 Å². The second-order valence-electron chi connectivity index (χ2n) is 6.01. The van der Waals surface area contributed by atoms with E-state index in [0.29, 0.717) is 28.5 Å². The number of benzene rings is 1. The number of pyridine rings is 1. The van der Waals surface area contributed by atoms with Crippen molar-refractivity contribution in [3.8, 4) is 5.75 Å². The van der Waals surface area contributed by atoms with Gasteiger partial charge in [-0.1, -0.05) is 0 Å². The van der Waals surface area contributed by atoms with E-state index in [-0.39, 0.29) is 11.8 Å². The fourth-order valence-corrected chi connectivity index (χ4v) is 2.67. The first-order chi connectivity index (χ1) is 12.0. The predicted molar refractivity (Wildman–Crippen MR) is 93.0 cm³/mol. The van der Waals surface area contributed by atoms with Gasteiger partial charge in [0.25, 0.3) is 11.8 Å². The summed E-state index contributed by atoms with van der Waals surface area (Å²) in [7, 11) is 0. The Balaban J connectivity index is 1.58. The van der Waals surface area contributed by atoms with Gasteiger partial charge in [-0.3, -0.25) is 9.59 Å². The van der Waals surface area contributed by atoms with E-state index in [1.807, 2.05) is 25.3 Å². The van der Waals surface area contributed by atoms with E-state index in [9.17, 15) is 9.59 Å². The summed E-state index contributed by atoms with van der Waals surface area (Å²) in [5, 5.41) is 5.54. The molecule has 3 heterocycles. The first-order valence-corrected chi connectivity index (χ1v) is 7.88. The van der Waals surface area contributed by atoms with Crippen LogP contribution in [0.25, 0.3) is 5.65 Å². The normalized spacial score (nSPS) is 16.1. The van der Waals surface area contributed by atoms with Crippen molar-refractivity contribution in [3.05, 3.63) is 54.0 Å². The predicted octanol–water partition coefficient (Wildman–Crippen LogP) is 2.61. The number of carbonyl (C=O) groups excluding carboxylic acids is 2. The van der Waals surface area contributed by atoms with E-state index in [1.165, 1.54) is 0 Å². The summed E-state index contributed by atoms with van der Waals surface area (Å²) in [5.74, 6) is 0.0396. The van der Waals surface area contributed by atoms with Crippen LogP contribution in [0.1, 0.15) is 23.0 Å². The third-order valence-electron chi connectivity index (χ3n) is 4.02. The second-order valence-corrected chi connectivity index (χ2v) is 6.01. The van der Waals surface area contributed by atoms with Crippen LogP contribution in [0.2, 0.25) is 0 Å². The van der Waals surface area contributed by atoms with Crippen molar-refractivity contribution in [3.63, 3.8) is 0 Å². The summed E-state index contributed by atoms with van der Waals surface area (Å²) >= 11 is 0. The van der Waals surface area contributed by atoms with Crippen molar-refractivity contribution < 1.29 is 14.3 Å². The lowest BCUT2D eigenvalue weighted by Crippen LogP contribution is -2.34. The van der Waals surface area contributed by atoms with E-state index in [2.05, 4.69) is 15.6 Å². The highest BCUT2D eigenvalue weighted by molar-refractivity contribution is 6.04. The fourth-order valence-electron chi connectivity index (χ4n) is 2.67. The molecule has 2 N–H and O–H groups in total. The second kappa shape index (κ2) is 5.62. The number of anilines is 2. The maximum absolute atomic E-state index is 12.4. The average Bonchev–Trinajstić information content (AvgIpc) is 2.99. The zero-order chi connectivity index (χ0) is 17.6. The van der Waals surface area contributed by atoms with Crippen LogP contribution < -0.4 is 15.4 Å². The maximum Gasteiger partial charge on any atom is 0.275 e. The molecular weight excluding hydrogens is 320 g/mol. The van der Waals surface area contributed by atoms with Gasteiger partial charge in [0.05, 0.1) is 5.69 Å². The molecular formula is C18H16N4O3. The molecule has 25 heavy (non-hydrogen) atoms. The summed E-state index contributed by atoms with van der Waals surface area (Å²) in [6.07, 6.45) is 3.01. The van der Waals surface area contributed by atoms with Crippen LogP contribution in [0.15, 0.2) is 42.7 Å². The number of rotatable bonds is 2. The van der Waals surface area contributed by atoms with Crippen molar-refractivity contribution in [2.75, 3.05) is 10.6 Å². The molecule has 0 saturated heterocycles. The van der Waals surface area contributed by atoms with Crippen LogP contribution in [-0.4, -0.2) is 27.3 Å². The van der Waals surface area contributed by atoms with Crippen molar-refractivity contribution >= 4 is 28.8 Å². The molecule has 7 nitrogen and oxygen atoms in total. The van der Waals surface area contributed by atoms with Gasteiger partial charge in [-0.15, -0.1) is 0 Å². The number of fused-ring (bicyclic) bond motifs is 2. The molecule has 0 aliphatic carbocycles. The van der Waals surface area contributed by atoms with Crippen LogP contribution in [-0.2, 0) is 4.79 Å². The molecule has 2 amide bonds. The largest absolute Gasteiger partial charge is 0.479 e. The Labute approximate surface area is 143 Å². The summed E-state index contributed by atoms with van der Waals surface area (Å²) < 4.78 is 7.30. The van der Waals surface area contributed by atoms with Gasteiger partial charge in [0.15, 0.2) is 6.10 Å². The van der Waals surface area contributed by atoms with Gasteiger partial charge >= 0.3 is 0 Å². The molecule has 0 fully saturated rings. The molecule has 2 aromatic heterocycles. The lowest BCUT2D eigenvalue weighted by Gasteiger charge is -2.23. The highest BCUT2D eigenvalue weighted by Gasteiger charge is 2.23. The molecule has 0 bridgehead atoms. The average molecular weight is 336 g/mol. The number of hydrogen-bond acceptors (Lipinski definition) is 4. The SMILES string of the molecule is Cc1ccn2cc(C(=O)Nc3ccc4c(c3)NC(=O)[C@@H](C)O4)nc2c1. The quantitative estimate of drug-likeness (QED) is 0.753. The topological polar surface area (TPSA) is 84.7 Å². The number of nitrogens with one attached hydrogen (secondary N) is 2. The molecule has 0 radical (unpaired) electrons. The molecule has 126 valence electrons. The Morgan fingerprint density at radius 2 is 2.16 bits per heavy atom. The van der Waals surface area contributed by atoms with Crippen LogP contribution in [0.5, 0.6) is 5.75 Å². The van der Waals surface area contributed by atoms with Crippen LogP contribution in [0.3, 0.4) is 0 Å². The Morgan fingerprint density at radius 3 is 3.00 bits per heavy atom. The number of hydrogen-bond donors (Lipinski definition) is 2. The molecule has 0 spiro atoms. The first-order valence-electron chi connectivity index (χ1n) is 7.88. The zero-order valence-corrected chi connectivity index (χ0v) is 13.7. The minimum Gasteiger partial charge on any atom is -0.479 e. The molecule has 1 aromatic carbocycles. The maximum atomic E-state index is 12.4. The first kappa shape index (κ1) is 15.2. The van der Waals surface area contributed by atoms with Gasteiger partial charge in [-0.25, -0.2) is 4.98 Å². The van der Waals surface area contributed by atoms with Gasteiger partial charge < -0.3 is 19.8 Å². The Kier molecular flexibility index (Phi) is 3.42. The van der Waals surface area contributed by atoms with Gasteiger partial charge in [-0.05, 0) is 49.7 Å². The summed E-state index contributed by atoms with van der Waals surface area (Å²) in [6, 6.07) is 8.96. The van der Waals surface area contributed by atoms with Gasteiger partial charge in [-0.2, -0.15) is 0 Å². The third kappa shape index (κ3) is 2.80. The van der Waals surface area contributed by atoms with Crippen LogP contribution in [0.4, 0.5) is 11.4 Å². The Morgan fingerprint density at radius 1 is 1.32 bits per heavy atom. The molecule has 1 aliphatic heterocycles. The molecule has 1 aliphatic rings. The van der Waals surface area contributed by atoms with Gasteiger partial charge in [0, 0.05) is 18.1 Å². The zero-order valence-electron chi connectivity index (χ0n) is 13.7. The number of aryl methyl sites for hydroxylation is 1. The molecule has 3 aromatic rings. The van der Waals surface area contributed by atoms with Gasteiger partial charge in [0.2, 0.25) is 0 Å². The van der Waals surface area contributed by atoms with E-state index in [0.717, 1.165) is 5.56 Å². The Hall–Kier alpha value is -3.35. The smallest absolute Gasteiger partial charge is 0.275 e. The minimum atomic E-state index is -0.533. The molecule has 0 saturated carbocycles. The monoisotopic (exact) mass is 336 g/mol. The summed E-state index contributed by atoms with van der Waals surface area (Å²) in [5.41, 5.74) is 3.19. The van der Waals surface area contributed by atoms with E-state index >= 15 is 0 Å². The van der Waals surface area contributed by atoms with Crippen molar-refractivity contribution in [1.29, 1.82) is 0 Å². The standard InChI is InChI=1S/C18H16N4O3/c1-10-5-6-22-9-14(20-16(22)7-10)18(24)19-12-3-4-15-13(8-12)21-17(23)11(2)25-15/h3-9,11H,1-2H3,(H,19,24)(H,21,23)/t11-/m1/s1. The number of nitrogens with zero attached hydrogens (tertiary/aromatic N) is 2. The lowest BCUT2D eigenvalue weighted by atomic mass is 10.2. The van der Waals surface area contributed by atoms with Crippen molar-refractivity contribution in [2.24, 2.45) is 0 Å². The number of imidazole rings is 1. The van der Waals surface area contributed by atoms with Gasteiger partial charge in [0.1, 0.15) is 17.1 Å². The third-order valence-corrected chi connectivity index (χ3v) is 4.02. The van der Waals surface area contributed by atoms with Crippen LogP contribution >= 0.6 is 0 Å². The highest BCUT2D eigenvalue weighted by atomic mass is 16.5. The van der Waals surface area contributed by atoms with Crippen molar-refractivity contribution in [2.45, 2.75) is 20.0 Å². The molecule has 0 unspecified atom stereocenters. The number of amides is 2. The van der Waals surface area contributed by atoms with Crippen molar-refractivity contribution in [1.82, 2.24) is 9.38 Å². The van der Waals surface area contributed by atoms with E-state index in [4.69, 9.17) is 4.74 Å². The Bertz CT molecular complexity index is 1010. The fraction of sp³-hybridized carbons (Fsp3) is 0.167. The molecule has 7 heteroatoms. The molecule has 1 atom stereocenters. The van der Waals surface area contributed by atoms with Crippen LogP contribution in [0, 0.1) is 6.92 Å². The lowest BCUT2D eigenvalue weighted by molar-refractivity contribution is -0.122. The number of ether oxygens (including phenoxy) is 1. The van der Waals surface area contributed by atoms with E-state index in [1.54, 1.807) is 35.7 Å². The summed E-state index contributed by atoms with van der Waals surface area (Å²) in [6.45, 7) is 3.65. The molecule has 4 rings (SSSR count). The minimum absolute atomic E-state index is 0.216. The summed E-state index contributed by atoms with van der Waals surface area (Å²) in [4.78, 5) is 28.5.